The van der Waals surface area contributed by atoms with Gasteiger partial charge >= 0.3 is 0 Å². The number of sulfone groups is 1. The molecule has 0 saturated heterocycles. The van der Waals surface area contributed by atoms with Gasteiger partial charge in [-0.15, -0.1) is 0 Å². The summed E-state index contributed by atoms with van der Waals surface area (Å²) in [5.74, 6) is 0.653. The molecule has 0 saturated carbocycles. The predicted molar refractivity (Wildman–Crippen MR) is 45.9 cm³/mol. The Kier molecular flexibility index (Phi) is 2.37. The molecule has 0 fully saturated rings. The number of allylic oxidation sites excluding steroid dienone is 2. The highest BCUT2D eigenvalue weighted by Gasteiger charge is 2.16. The Morgan fingerprint density at radius 3 is 2.55 bits per heavy atom. The van der Waals surface area contributed by atoms with Gasteiger partial charge in [0, 0.05) is 11.2 Å². The maximum absolute atomic E-state index is 11.0. The van der Waals surface area contributed by atoms with Gasteiger partial charge in [-0.3, -0.25) is 0 Å². The first-order chi connectivity index (χ1) is 5.00. The van der Waals surface area contributed by atoms with Gasteiger partial charge < -0.3 is 0 Å². The van der Waals surface area contributed by atoms with Gasteiger partial charge in [-0.2, -0.15) is 0 Å². The lowest BCUT2D eigenvalue weighted by Gasteiger charge is -2.16. The number of hydrogen-bond acceptors (Lipinski definition) is 2. The smallest absolute Gasteiger partial charge is 0.171 e. The molecule has 0 aromatic heterocycles. The second-order valence-corrected chi connectivity index (χ2v) is 5.39. The van der Waals surface area contributed by atoms with Crippen molar-refractivity contribution in [3.05, 3.63) is 11.0 Å². The van der Waals surface area contributed by atoms with Gasteiger partial charge in [-0.25, -0.2) is 8.42 Å². The SMILES string of the molecule is CC1CC=C(S(C)(=O)=O)CC1. The molecule has 3 heteroatoms. The van der Waals surface area contributed by atoms with Crippen molar-refractivity contribution in [3.63, 3.8) is 0 Å². The standard InChI is InChI=1S/C8H14O2S/c1-7-3-5-8(6-4-7)11(2,9)10/h5,7H,3-4,6H2,1-2H3. The molecule has 0 aromatic rings. The average Bonchev–Trinajstić information content (AvgIpc) is 1.86. The van der Waals surface area contributed by atoms with E-state index in [1.54, 1.807) is 0 Å². The molecular formula is C8H14O2S. The summed E-state index contributed by atoms with van der Waals surface area (Å²) >= 11 is 0. The summed E-state index contributed by atoms with van der Waals surface area (Å²) in [4.78, 5) is 0.635. The first-order valence-electron chi connectivity index (χ1n) is 3.89. The van der Waals surface area contributed by atoms with Crippen LogP contribution in [0.15, 0.2) is 11.0 Å². The minimum absolute atomic E-state index is 0.635. The molecule has 0 bridgehead atoms. The summed E-state index contributed by atoms with van der Waals surface area (Å²) < 4.78 is 22.0. The van der Waals surface area contributed by atoms with E-state index >= 15 is 0 Å². The summed E-state index contributed by atoms with van der Waals surface area (Å²) in [5, 5.41) is 0. The van der Waals surface area contributed by atoms with Gasteiger partial charge in [0.2, 0.25) is 0 Å². The van der Waals surface area contributed by atoms with Crippen molar-refractivity contribution in [1.29, 1.82) is 0 Å². The van der Waals surface area contributed by atoms with Crippen LogP contribution < -0.4 is 0 Å². The summed E-state index contributed by atoms with van der Waals surface area (Å²) in [7, 11) is -2.89. The zero-order chi connectivity index (χ0) is 8.48. The van der Waals surface area contributed by atoms with Gasteiger partial charge in [0.15, 0.2) is 9.84 Å². The van der Waals surface area contributed by atoms with Crippen LogP contribution in [0.2, 0.25) is 0 Å². The van der Waals surface area contributed by atoms with E-state index in [4.69, 9.17) is 0 Å². The normalized spacial score (nSPS) is 26.4. The molecule has 0 heterocycles. The first-order valence-corrected chi connectivity index (χ1v) is 5.78. The molecule has 11 heavy (non-hydrogen) atoms. The van der Waals surface area contributed by atoms with E-state index in [2.05, 4.69) is 6.92 Å². The third-order valence-electron chi connectivity index (χ3n) is 2.11. The van der Waals surface area contributed by atoms with E-state index < -0.39 is 9.84 Å². The van der Waals surface area contributed by atoms with E-state index in [0.717, 1.165) is 19.3 Å². The molecule has 1 aliphatic rings. The third-order valence-corrected chi connectivity index (χ3v) is 3.43. The van der Waals surface area contributed by atoms with Gasteiger partial charge in [-0.1, -0.05) is 13.0 Å². The average molecular weight is 174 g/mol. The molecule has 1 rings (SSSR count). The van der Waals surface area contributed by atoms with Gasteiger partial charge in [-0.05, 0) is 25.2 Å². The lowest BCUT2D eigenvalue weighted by atomic mass is 9.96. The fourth-order valence-electron chi connectivity index (χ4n) is 1.28. The maximum Gasteiger partial charge on any atom is 0.171 e. The van der Waals surface area contributed by atoms with Crippen LogP contribution in [0.5, 0.6) is 0 Å². The van der Waals surface area contributed by atoms with Crippen LogP contribution >= 0.6 is 0 Å². The van der Waals surface area contributed by atoms with Crippen molar-refractivity contribution in [2.24, 2.45) is 5.92 Å². The van der Waals surface area contributed by atoms with Crippen molar-refractivity contribution in [2.75, 3.05) is 6.26 Å². The monoisotopic (exact) mass is 174 g/mol. The number of rotatable bonds is 1. The molecule has 0 radical (unpaired) electrons. The Morgan fingerprint density at radius 2 is 2.18 bits per heavy atom. The number of hydrogen-bond donors (Lipinski definition) is 0. The van der Waals surface area contributed by atoms with E-state index in [9.17, 15) is 8.42 Å². The lowest BCUT2D eigenvalue weighted by Crippen LogP contribution is -2.08. The largest absolute Gasteiger partial charge is 0.224 e. The van der Waals surface area contributed by atoms with Crippen LogP contribution in [0.25, 0.3) is 0 Å². The third kappa shape index (κ3) is 2.33. The van der Waals surface area contributed by atoms with Crippen molar-refractivity contribution in [1.82, 2.24) is 0 Å². The van der Waals surface area contributed by atoms with Crippen LogP contribution in [0.1, 0.15) is 26.2 Å². The molecule has 0 N–H and O–H groups in total. The first kappa shape index (κ1) is 8.78. The second kappa shape index (κ2) is 2.97. The summed E-state index contributed by atoms with van der Waals surface area (Å²) in [6.07, 6.45) is 5.82. The Balaban J connectivity index is 2.78. The van der Waals surface area contributed by atoms with E-state index in [1.165, 1.54) is 6.26 Å². The highest BCUT2D eigenvalue weighted by Crippen LogP contribution is 2.25. The fraction of sp³-hybridized carbons (Fsp3) is 0.750. The molecule has 1 atom stereocenters. The van der Waals surface area contributed by atoms with E-state index in [1.807, 2.05) is 6.08 Å². The van der Waals surface area contributed by atoms with Crippen molar-refractivity contribution in [3.8, 4) is 0 Å². The molecule has 0 spiro atoms. The molecule has 2 nitrogen and oxygen atoms in total. The van der Waals surface area contributed by atoms with Gasteiger partial charge in [0.05, 0.1) is 0 Å². The predicted octanol–water partition coefficient (Wildman–Crippen LogP) is 1.73. The minimum atomic E-state index is -2.89. The molecule has 0 aliphatic heterocycles. The summed E-state index contributed by atoms with van der Waals surface area (Å²) in [5.41, 5.74) is 0. The highest BCUT2D eigenvalue weighted by molar-refractivity contribution is 7.94. The lowest BCUT2D eigenvalue weighted by molar-refractivity contribution is 0.518. The zero-order valence-electron chi connectivity index (χ0n) is 7.00. The van der Waals surface area contributed by atoms with Gasteiger partial charge in [0.1, 0.15) is 0 Å². The van der Waals surface area contributed by atoms with Gasteiger partial charge in [0.25, 0.3) is 0 Å². The van der Waals surface area contributed by atoms with Crippen molar-refractivity contribution in [2.45, 2.75) is 26.2 Å². The van der Waals surface area contributed by atoms with E-state index in [0.29, 0.717) is 10.8 Å². The van der Waals surface area contributed by atoms with Crippen molar-refractivity contribution >= 4 is 9.84 Å². The summed E-state index contributed by atoms with van der Waals surface area (Å²) in [6.45, 7) is 2.15. The molecule has 1 unspecified atom stereocenters. The molecule has 0 aromatic carbocycles. The summed E-state index contributed by atoms with van der Waals surface area (Å²) in [6, 6.07) is 0. The Bertz CT molecular complexity index is 262. The highest BCUT2D eigenvalue weighted by atomic mass is 32.2. The quantitative estimate of drug-likeness (QED) is 0.606. The van der Waals surface area contributed by atoms with Crippen LogP contribution in [0.3, 0.4) is 0 Å². The van der Waals surface area contributed by atoms with Crippen LogP contribution in [-0.4, -0.2) is 14.7 Å². The zero-order valence-corrected chi connectivity index (χ0v) is 7.82. The van der Waals surface area contributed by atoms with E-state index in [-0.39, 0.29) is 0 Å². The molecule has 0 amide bonds. The molecule has 64 valence electrons. The van der Waals surface area contributed by atoms with Crippen LogP contribution in [0.4, 0.5) is 0 Å². The topological polar surface area (TPSA) is 34.1 Å². The Hall–Kier alpha value is -0.310. The van der Waals surface area contributed by atoms with Crippen LogP contribution in [-0.2, 0) is 9.84 Å². The molecular weight excluding hydrogens is 160 g/mol. The Morgan fingerprint density at radius 1 is 1.55 bits per heavy atom. The fourth-order valence-corrected chi connectivity index (χ4v) is 2.17. The second-order valence-electron chi connectivity index (χ2n) is 3.32. The maximum atomic E-state index is 11.0. The molecule has 1 aliphatic carbocycles. The Labute approximate surface area is 68.2 Å². The minimum Gasteiger partial charge on any atom is -0.224 e. The van der Waals surface area contributed by atoms with Crippen LogP contribution in [0, 0.1) is 5.92 Å². The van der Waals surface area contributed by atoms with Crippen molar-refractivity contribution < 1.29 is 8.42 Å².